The number of benzene rings is 1. The minimum Gasteiger partial charge on any atom is -0.0620 e. The predicted molar refractivity (Wildman–Crippen MR) is 54.4 cm³/mol. The molecule has 0 fully saturated rings. The molecule has 1 heteroatoms. The van der Waals surface area contributed by atoms with Crippen LogP contribution >= 0.6 is 0 Å². The van der Waals surface area contributed by atoms with Gasteiger partial charge in [0.05, 0.1) is 0 Å². The van der Waals surface area contributed by atoms with Crippen molar-refractivity contribution in [3.63, 3.8) is 0 Å². The number of hydrogen-bond acceptors (Lipinski definition) is 0. The van der Waals surface area contributed by atoms with E-state index >= 15 is 0 Å². The number of fused-ring (bicyclic) bond motifs is 1. The first kappa shape index (κ1) is 8.53. The average molecular weight is 164 g/mol. The normalized spacial score (nSPS) is 14.9. The zero-order valence-electron chi connectivity index (χ0n) is 6.14. The summed E-state index contributed by atoms with van der Waals surface area (Å²) < 4.78 is 0. The van der Waals surface area contributed by atoms with Crippen LogP contribution in [-0.4, -0.2) is 11.0 Å². The predicted octanol–water partition coefficient (Wildman–Crippen LogP) is 1.11. The van der Waals surface area contributed by atoms with E-state index < -0.39 is 0 Å². The first-order valence-electron chi connectivity index (χ1n) is 4.03. The fraction of sp³-hybridized carbons (Fsp3) is 0.400. The Morgan fingerprint density at radius 3 is 1.73 bits per heavy atom. The third-order valence-electron chi connectivity index (χ3n) is 2.26. The summed E-state index contributed by atoms with van der Waals surface area (Å²) in [5.74, 6) is 0. The Hall–Kier alpha value is -0.563. The molecule has 0 atom stereocenters. The highest BCUT2D eigenvalue weighted by Crippen LogP contribution is 2.19. The fourth-order valence-electron chi connectivity index (χ4n) is 1.68. The molecule has 0 amide bonds. The van der Waals surface area contributed by atoms with Gasteiger partial charge >= 0.3 is 0 Å². The van der Waals surface area contributed by atoms with Crippen molar-refractivity contribution in [1.82, 2.24) is 0 Å². The van der Waals surface area contributed by atoms with E-state index in [1.54, 1.807) is 11.1 Å². The zero-order valence-corrected chi connectivity index (χ0v) is 6.14. The lowest BCUT2D eigenvalue weighted by Gasteiger charge is -2.13. The minimum atomic E-state index is 0. The van der Waals surface area contributed by atoms with Crippen molar-refractivity contribution in [2.24, 2.45) is 0 Å². The van der Waals surface area contributed by atoms with Gasteiger partial charge in [-0.1, -0.05) is 24.3 Å². The van der Waals surface area contributed by atoms with Gasteiger partial charge in [0.25, 0.3) is 0 Å². The summed E-state index contributed by atoms with van der Waals surface area (Å²) in [6.45, 7) is 0. The van der Waals surface area contributed by atoms with Crippen LogP contribution in [0.5, 0.6) is 0 Å². The lowest BCUT2D eigenvalue weighted by Crippen LogP contribution is -2.00. The molecule has 0 unspecified atom stereocenters. The topological polar surface area (TPSA) is 0 Å². The Morgan fingerprint density at radius 1 is 0.818 bits per heavy atom. The molecule has 1 aliphatic rings. The van der Waals surface area contributed by atoms with E-state index in [0.29, 0.717) is 0 Å². The van der Waals surface area contributed by atoms with Gasteiger partial charge in [0.2, 0.25) is 0 Å². The van der Waals surface area contributed by atoms with Crippen LogP contribution in [0.4, 0.5) is 0 Å². The van der Waals surface area contributed by atoms with E-state index in [4.69, 9.17) is 0 Å². The second-order valence-electron chi connectivity index (χ2n) is 2.98. The summed E-state index contributed by atoms with van der Waals surface area (Å²) in [6, 6.07) is 8.80. The first-order chi connectivity index (χ1) is 4.97. The van der Waals surface area contributed by atoms with Crippen molar-refractivity contribution >= 4 is 11.0 Å². The zero-order chi connectivity index (χ0) is 6.81. The van der Waals surface area contributed by atoms with E-state index in [2.05, 4.69) is 24.3 Å². The molecule has 1 aromatic carbocycles. The molecule has 0 bridgehead atoms. The van der Waals surface area contributed by atoms with Crippen molar-refractivity contribution in [2.75, 3.05) is 0 Å². The van der Waals surface area contributed by atoms with Crippen molar-refractivity contribution in [1.29, 1.82) is 0 Å². The molecule has 0 nitrogen and oxygen atoms in total. The highest BCUT2D eigenvalue weighted by Gasteiger charge is 2.05. The quantitative estimate of drug-likeness (QED) is 0.504. The molecule has 11 heavy (non-hydrogen) atoms. The van der Waals surface area contributed by atoms with Crippen LogP contribution in [0.3, 0.4) is 0 Å². The van der Waals surface area contributed by atoms with Gasteiger partial charge in [0, 0.05) is 0 Å². The molecule has 0 spiro atoms. The highest BCUT2D eigenvalue weighted by molar-refractivity contribution is 5.75. The van der Waals surface area contributed by atoms with Gasteiger partial charge in [0.15, 0.2) is 0 Å². The van der Waals surface area contributed by atoms with E-state index in [9.17, 15) is 0 Å². The molecule has 0 N–H and O–H groups in total. The molecule has 0 saturated carbocycles. The molecular weight excluding hydrogens is 148 g/mol. The SMILES string of the molecule is [SiH4].c1ccc2c(c1)CCCC2. The molecule has 0 aromatic heterocycles. The lowest BCUT2D eigenvalue weighted by atomic mass is 9.92. The third kappa shape index (κ3) is 1.72. The van der Waals surface area contributed by atoms with E-state index in [0.717, 1.165) is 0 Å². The highest BCUT2D eigenvalue weighted by atomic mass is 28.1. The molecule has 60 valence electrons. The minimum absolute atomic E-state index is 0. The number of aryl methyl sites for hydroxylation is 2. The van der Waals surface area contributed by atoms with E-state index in [-0.39, 0.29) is 11.0 Å². The Bertz CT molecular complexity index is 205. The van der Waals surface area contributed by atoms with Gasteiger partial charge in [-0.25, -0.2) is 0 Å². The molecule has 1 aliphatic carbocycles. The maximum absolute atomic E-state index is 2.26. The molecule has 0 aliphatic heterocycles. The Labute approximate surface area is 72.7 Å². The van der Waals surface area contributed by atoms with Crippen LogP contribution in [0.15, 0.2) is 24.3 Å². The standard InChI is InChI=1S/C10H12.H4Si/c1-2-6-10-8-4-3-7-9(10)5-1;/h1-2,5-6H,3-4,7-8H2;1H4. The molecule has 2 rings (SSSR count). The van der Waals surface area contributed by atoms with E-state index in [1.165, 1.54) is 25.7 Å². The van der Waals surface area contributed by atoms with Crippen LogP contribution in [0.25, 0.3) is 0 Å². The summed E-state index contributed by atoms with van der Waals surface area (Å²) in [7, 11) is 0. The summed E-state index contributed by atoms with van der Waals surface area (Å²) in [5.41, 5.74) is 3.16. The lowest BCUT2D eigenvalue weighted by molar-refractivity contribution is 0.685. The third-order valence-corrected chi connectivity index (χ3v) is 2.26. The first-order valence-corrected chi connectivity index (χ1v) is 4.03. The van der Waals surface area contributed by atoms with Crippen LogP contribution in [0.1, 0.15) is 24.0 Å². The van der Waals surface area contributed by atoms with Crippen LogP contribution in [0, 0.1) is 0 Å². The van der Waals surface area contributed by atoms with Gasteiger partial charge in [0.1, 0.15) is 0 Å². The molecule has 0 radical (unpaired) electrons. The Morgan fingerprint density at radius 2 is 1.27 bits per heavy atom. The van der Waals surface area contributed by atoms with Crippen molar-refractivity contribution in [2.45, 2.75) is 25.7 Å². The average Bonchev–Trinajstić information content (AvgIpc) is 2.05. The van der Waals surface area contributed by atoms with Crippen molar-refractivity contribution in [3.8, 4) is 0 Å². The van der Waals surface area contributed by atoms with Crippen molar-refractivity contribution in [3.05, 3.63) is 35.4 Å². The fourth-order valence-corrected chi connectivity index (χ4v) is 1.68. The maximum atomic E-state index is 2.26. The van der Waals surface area contributed by atoms with Gasteiger partial charge < -0.3 is 0 Å². The monoisotopic (exact) mass is 164 g/mol. The molecule has 0 heterocycles. The van der Waals surface area contributed by atoms with Crippen molar-refractivity contribution < 1.29 is 0 Å². The summed E-state index contributed by atoms with van der Waals surface area (Å²) in [4.78, 5) is 0. The number of hydrogen-bond donors (Lipinski definition) is 0. The van der Waals surface area contributed by atoms with Gasteiger partial charge in [-0.2, -0.15) is 0 Å². The van der Waals surface area contributed by atoms with E-state index in [1.807, 2.05) is 0 Å². The molecule has 0 saturated heterocycles. The van der Waals surface area contributed by atoms with Crippen LogP contribution in [-0.2, 0) is 12.8 Å². The van der Waals surface area contributed by atoms with Crippen LogP contribution < -0.4 is 0 Å². The Kier molecular flexibility index (Phi) is 2.89. The second-order valence-corrected chi connectivity index (χ2v) is 2.98. The molecular formula is C10H16Si. The van der Waals surface area contributed by atoms with Gasteiger partial charge in [-0.15, -0.1) is 0 Å². The number of rotatable bonds is 0. The van der Waals surface area contributed by atoms with Gasteiger partial charge in [-0.05, 0) is 47.8 Å². The molecule has 1 aromatic rings. The van der Waals surface area contributed by atoms with Gasteiger partial charge in [-0.3, -0.25) is 0 Å². The summed E-state index contributed by atoms with van der Waals surface area (Å²) >= 11 is 0. The largest absolute Gasteiger partial charge is 0.0620 e. The smallest absolute Gasteiger partial charge is 0.0149 e. The van der Waals surface area contributed by atoms with Crippen LogP contribution in [0.2, 0.25) is 0 Å². The summed E-state index contributed by atoms with van der Waals surface area (Å²) in [5, 5.41) is 0. The summed E-state index contributed by atoms with van der Waals surface area (Å²) in [6.07, 6.45) is 5.38. The Balaban J connectivity index is 0.000000605. The second kappa shape index (κ2) is 3.72. The maximum Gasteiger partial charge on any atom is -0.0149 e.